The summed E-state index contributed by atoms with van der Waals surface area (Å²) in [6.07, 6.45) is 3.96. The monoisotopic (exact) mass is 330 g/mol. The van der Waals surface area contributed by atoms with Gasteiger partial charge in [0.25, 0.3) is 0 Å². The summed E-state index contributed by atoms with van der Waals surface area (Å²) in [6, 6.07) is 2.57. The molecule has 0 amide bonds. The summed E-state index contributed by atoms with van der Waals surface area (Å²) in [5.41, 5.74) is 3.18. The van der Waals surface area contributed by atoms with Crippen LogP contribution in [0, 0.1) is 13.8 Å². The van der Waals surface area contributed by atoms with Crippen LogP contribution in [0.15, 0.2) is 33.6 Å². The number of thiophene rings is 1. The average molecular weight is 330 g/mol. The van der Waals surface area contributed by atoms with E-state index in [0.29, 0.717) is 12.4 Å². The van der Waals surface area contributed by atoms with Crippen molar-refractivity contribution in [3.63, 3.8) is 0 Å². The molecule has 6 heteroatoms. The quantitative estimate of drug-likeness (QED) is 0.743. The molecule has 0 aliphatic rings. The number of aromatic nitrogens is 3. The van der Waals surface area contributed by atoms with Crippen molar-refractivity contribution in [2.45, 2.75) is 46.3 Å². The maximum atomic E-state index is 5.78. The normalized spacial score (nSPS) is 14.1. The molecule has 0 unspecified atom stereocenters. The predicted molar refractivity (Wildman–Crippen MR) is 92.5 cm³/mol. The molecule has 2 atom stereocenters. The Bertz CT molecular complexity index is 760. The van der Waals surface area contributed by atoms with E-state index in [9.17, 15) is 0 Å². The van der Waals surface area contributed by atoms with Crippen molar-refractivity contribution in [3.05, 3.63) is 46.2 Å². The molecular weight excluding hydrogens is 308 g/mol. The van der Waals surface area contributed by atoms with E-state index in [-0.39, 0.29) is 12.1 Å². The zero-order chi connectivity index (χ0) is 16.4. The smallest absolute Gasteiger partial charge is 0.227 e. The van der Waals surface area contributed by atoms with Gasteiger partial charge in [0.15, 0.2) is 0 Å². The molecule has 0 radical (unpaired) electrons. The van der Waals surface area contributed by atoms with E-state index in [1.54, 1.807) is 11.3 Å². The summed E-state index contributed by atoms with van der Waals surface area (Å²) in [7, 11) is 0. The van der Waals surface area contributed by atoms with Crippen molar-refractivity contribution >= 4 is 11.3 Å². The Balaban J connectivity index is 1.64. The molecule has 5 nitrogen and oxygen atoms in total. The molecular formula is C17H22N4OS. The average Bonchev–Trinajstić information content (AvgIpc) is 3.25. The second kappa shape index (κ2) is 6.68. The highest BCUT2D eigenvalue weighted by Crippen LogP contribution is 2.24. The molecule has 0 spiro atoms. The maximum absolute atomic E-state index is 5.78. The molecule has 3 aromatic heterocycles. The van der Waals surface area contributed by atoms with Gasteiger partial charge in [-0.05, 0) is 44.7 Å². The molecule has 0 saturated heterocycles. The van der Waals surface area contributed by atoms with Crippen LogP contribution >= 0.6 is 11.3 Å². The van der Waals surface area contributed by atoms with Crippen LogP contribution in [0.4, 0.5) is 0 Å². The van der Waals surface area contributed by atoms with E-state index in [0.717, 1.165) is 17.0 Å². The predicted octanol–water partition coefficient (Wildman–Crippen LogP) is 3.96. The highest BCUT2D eigenvalue weighted by atomic mass is 32.1. The zero-order valence-electron chi connectivity index (χ0n) is 13.9. The summed E-state index contributed by atoms with van der Waals surface area (Å²) in [6.45, 7) is 9.03. The van der Waals surface area contributed by atoms with Crippen LogP contribution < -0.4 is 5.32 Å². The lowest BCUT2D eigenvalue weighted by atomic mass is 10.1. The third-order valence-electron chi connectivity index (χ3n) is 4.12. The summed E-state index contributed by atoms with van der Waals surface area (Å²) in [5.74, 6) is 1.57. The van der Waals surface area contributed by atoms with Crippen LogP contribution in [-0.2, 0) is 6.54 Å². The van der Waals surface area contributed by atoms with Crippen molar-refractivity contribution in [2.75, 3.05) is 0 Å². The molecule has 0 bridgehead atoms. The Labute approximate surface area is 140 Å². The number of nitrogens with zero attached hydrogens (tertiary/aromatic N) is 3. The molecule has 0 aromatic carbocycles. The van der Waals surface area contributed by atoms with E-state index >= 15 is 0 Å². The standard InChI is InChI=1S/C17H22N4OS/c1-11-7-19-21(9-11)13(3)12(2)18-8-16-14(4)22-17(20-16)15-5-6-23-10-15/h5-7,9-10,12-13,18H,8H2,1-4H3/t12-,13-/m0/s1. The second-order valence-electron chi connectivity index (χ2n) is 5.94. The van der Waals surface area contributed by atoms with E-state index < -0.39 is 0 Å². The first kappa shape index (κ1) is 16.0. The lowest BCUT2D eigenvalue weighted by molar-refractivity contribution is 0.363. The van der Waals surface area contributed by atoms with Gasteiger partial charge >= 0.3 is 0 Å². The Morgan fingerprint density at radius 1 is 1.35 bits per heavy atom. The van der Waals surface area contributed by atoms with Gasteiger partial charge in [0.2, 0.25) is 5.89 Å². The molecule has 3 heterocycles. The van der Waals surface area contributed by atoms with E-state index in [4.69, 9.17) is 4.42 Å². The van der Waals surface area contributed by atoms with Gasteiger partial charge in [0.05, 0.1) is 17.9 Å². The molecule has 0 aliphatic carbocycles. The van der Waals surface area contributed by atoms with Crippen LogP contribution in [0.25, 0.3) is 11.5 Å². The fourth-order valence-corrected chi connectivity index (χ4v) is 3.04. The van der Waals surface area contributed by atoms with Crippen molar-refractivity contribution in [1.82, 2.24) is 20.1 Å². The number of oxazole rings is 1. The molecule has 3 rings (SSSR count). The Hall–Kier alpha value is -1.92. The van der Waals surface area contributed by atoms with Gasteiger partial charge in [-0.3, -0.25) is 4.68 Å². The van der Waals surface area contributed by atoms with E-state index in [2.05, 4.69) is 42.4 Å². The van der Waals surface area contributed by atoms with Crippen LogP contribution in [0.2, 0.25) is 0 Å². The summed E-state index contributed by atoms with van der Waals surface area (Å²) < 4.78 is 7.78. The number of aryl methyl sites for hydroxylation is 2. The molecule has 1 N–H and O–H groups in total. The SMILES string of the molecule is Cc1cnn([C@@H](C)[C@H](C)NCc2nc(-c3ccsc3)oc2C)c1. The summed E-state index contributed by atoms with van der Waals surface area (Å²) in [5, 5.41) is 12.0. The first-order chi connectivity index (χ1) is 11.0. The molecule has 23 heavy (non-hydrogen) atoms. The highest BCUT2D eigenvalue weighted by Gasteiger charge is 2.17. The molecule has 122 valence electrons. The van der Waals surface area contributed by atoms with Crippen LogP contribution in [0.3, 0.4) is 0 Å². The Morgan fingerprint density at radius 2 is 2.17 bits per heavy atom. The van der Waals surface area contributed by atoms with E-state index in [1.165, 1.54) is 5.56 Å². The minimum absolute atomic E-state index is 0.271. The van der Waals surface area contributed by atoms with Crippen molar-refractivity contribution in [2.24, 2.45) is 0 Å². The lowest BCUT2D eigenvalue weighted by Gasteiger charge is -2.21. The lowest BCUT2D eigenvalue weighted by Crippen LogP contribution is -2.33. The van der Waals surface area contributed by atoms with Crippen LogP contribution in [0.5, 0.6) is 0 Å². The van der Waals surface area contributed by atoms with Crippen molar-refractivity contribution < 1.29 is 4.42 Å². The Kier molecular flexibility index (Phi) is 4.63. The van der Waals surface area contributed by atoms with Gasteiger partial charge < -0.3 is 9.73 Å². The third kappa shape index (κ3) is 3.54. The minimum atomic E-state index is 0.271. The first-order valence-electron chi connectivity index (χ1n) is 7.77. The highest BCUT2D eigenvalue weighted by molar-refractivity contribution is 7.08. The fourth-order valence-electron chi connectivity index (χ4n) is 2.41. The largest absolute Gasteiger partial charge is 0.441 e. The maximum Gasteiger partial charge on any atom is 0.227 e. The van der Waals surface area contributed by atoms with Gasteiger partial charge in [-0.15, -0.1) is 0 Å². The van der Waals surface area contributed by atoms with Gasteiger partial charge in [-0.2, -0.15) is 16.4 Å². The molecule has 0 saturated carbocycles. The zero-order valence-corrected chi connectivity index (χ0v) is 14.7. The fraction of sp³-hybridized carbons (Fsp3) is 0.412. The van der Waals surface area contributed by atoms with Gasteiger partial charge in [0.1, 0.15) is 5.76 Å². The van der Waals surface area contributed by atoms with Gasteiger partial charge in [0, 0.05) is 29.7 Å². The minimum Gasteiger partial charge on any atom is -0.441 e. The van der Waals surface area contributed by atoms with Gasteiger partial charge in [-0.1, -0.05) is 0 Å². The first-order valence-corrected chi connectivity index (χ1v) is 8.72. The number of hydrogen-bond acceptors (Lipinski definition) is 5. The molecule has 3 aromatic rings. The topological polar surface area (TPSA) is 55.9 Å². The number of hydrogen-bond donors (Lipinski definition) is 1. The van der Waals surface area contributed by atoms with Crippen molar-refractivity contribution in [3.8, 4) is 11.5 Å². The number of nitrogens with one attached hydrogen (secondary N) is 1. The van der Waals surface area contributed by atoms with Crippen LogP contribution in [-0.4, -0.2) is 20.8 Å². The summed E-state index contributed by atoms with van der Waals surface area (Å²) in [4.78, 5) is 4.62. The number of rotatable bonds is 6. The molecule has 0 fully saturated rings. The van der Waals surface area contributed by atoms with Crippen molar-refractivity contribution in [1.29, 1.82) is 0 Å². The molecule has 0 aliphatic heterocycles. The van der Waals surface area contributed by atoms with Crippen LogP contribution in [0.1, 0.15) is 36.9 Å². The van der Waals surface area contributed by atoms with E-state index in [1.807, 2.05) is 34.6 Å². The summed E-state index contributed by atoms with van der Waals surface area (Å²) >= 11 is 1.65. The third-order valence-corrected chi connectivity index (χ3v) is 4.81. The Morgan fingerprint density at radius 3 is 2.83 bits per heavy atom. The van der Waals surface area contributed by atoms with Gasteiger partial charge in [-0.25, -0.2) is 4.98 Å². The second-order valence-corrected chi connectivity index (χ2v) is 6.72.